The Balaban J connectivity index is 2.12. The van der Waals surface area contributed by atoms with Crippen LogP contribution in [-0.4, -0.2) is 5.97 Å². The molecule has 0 aliphatic rings. The van der Waals surface area contributed by atoms with Crippen molar-refractivity contribution in [2.75, 3.05) is 0 Å². The van der Waals surface area contributed by atoms with E-state index in [9.17, 15) is 4.79 Å². The van der Waals surface area contributed by atoms with E-state index in [2.05, 4.69) is 13.8 Å². The molecule has 0 aliphatic carbocycles. The fraction of sp³-hybridized carbons (Fsp3) is 0.211. The highest BCUT2D eigenvalue weighted by Crippen LogP contribution is 2.27. The van der Waals surface area contributed by atoms with Crippen LogP contribution in [-0.2, 0) is 4.79 Å². The number of aryl methyl sites for hydroxylation is 1. The molecule has 0 radical (unpaired) electrons. The number of carbonyl (C=O) groups is 1. The van der Waals surface area contributed by atoms with E-state index in [-0.39, 0.29) is 5.97 Å². The summed E-state index contributed by atoms with van der Waals surface area (Å²) in [5.41, 5.74) is 2.99. The number of hydrogen-bond donors (Lipinski definition) is 0. The molecule has 0 heterocycles. The third-order valence-corrected chi connectivity index (χ3v) is 3.54. The third-order valence-electron chi connectivity index (χ3n) is 3.28. The van der Waals surface area contributed by atoms with E-state index in [1.165, 1.54) is 6.08 Å². The average Bonchev–Trinajstić information content (AvgIpc) is 2.46. The number of rotatable bonds is 4. The van der Waals surface area contributed by atoms with Gasteiger partial charge in [-0.3, -0.25) is 0 Å². The molecule has 114 valence electrons. The van der Waals surface area contributed by atoms with E-state index >= 15 is 0 Å². The molecule has 2 aromatic carbocycles. The molecule has 0 N–H and O–H groups in total. The summed E-state index contributed by atoms with van der Waals surface area (Å²) in [5, 5.41) is 0.668. The highest BCUT2D eigenvalue weighted by atomic mass is 35.5. The highest BCUT2D eigenvalue weighted by Gasteiger charge is 2.10. The maximum Gasteiger partial charge on any atom is 0.336 e. The van der Waals surface area contributed by atoms with Gasteiger partial charge in [-0.25, -0.2) is 4.79 Å². The zero-order chi connectivity index (χ0) is 16.1. The number of esters is 1. The van der Waals surface area contributed by atoms with E-state index in [1.807, 2.05) is 37.3 Å². The molecule has 2 rings (SSSR count). The summed E-state index contributed by atoms with van der Waals surface area (Å²) in [4.78, 5) is 12.0. The first-order valence-corrected chi connectivity index (χ1v) is 7.59. The van der Waals surface area contributed by atoms with Gasteiger partial charge in [0, 0.05) is 11.1 Å². The van der Waals surface area contributed by atoms with Crippen molar-refractivity contribution < 1.29 is 9.53 Å². The molecule has 0 saturated heterocycles. The second kappa shape index (κ2) is 7.28. The molecule has 0 saturated carbocycles. The van der Waals surface area contributed by atoms with Gasteiger partial charge in [-0.2, -0.15) is 0 Å². The van der Waals surface area contributed by atoms with Gasteiger partial charge >= 0.3 is 5.97 Å². The van der Waals surface area contributed by atoms with Gasteiger partial charge in [0.2, 0.25) is 0 Å². The van der Waals surface area contributed by atoms with Gasteiger partial charge in [-0.1, -0.05) is 49.7 Å². The molecular weight excluding hydrogens is 296 g/mol. The Kier molecular flexibility index (Phi) is 5.40. The van der Waals surface area contributed by atoms with Crippen molar-refractivity contribution in [3.05, 3.63) is 70.3 Å². The van der Waals surface area contributed by atoms with Crippen molar-refractivity contribution in [2.45, 2.75) is 26.7 Å². The molecule has 0 fully saturated rings. The standard InChI is InChI=1S/C19H19ClO2/c1-13(2)17-10-4-14(3)12-18(17)22-19(21)11-7-15-5-8-16(20)9-6-15/h4-13H,1-3H3/b11-7+. The van der Waals surface area contributed by atoms with Crippen LogP contribution in [0.1, 0.15) is 36.5 Å². The zero-order valence-electron chi connectivity index (χ0n) is 13.0. The fourth-order valence-corrected chi connectivity index (χ4v) is 2.21. The minimum absolute atomic E-state index is 0.295. The topological polar surface area (TPSA) is 26.3 Å². The molecule has 0 aliphatic heterocycles. The number of hydrogen-bond acceptors (Lipinski definition) is 2. The molecule has 0 unspecified atom stereocenters. The summed E-state index contributed by atoms with van der Waals surface area (Å²) >= 11 is 5.83. The Labute approximate surface area is 136 Å². The van der Waals surface area contributed by atoms with Crippen LogP contribution in [0.2, 0.25) is 5.02 Å². The van der Waals surface area contributed by atoms with Gasteiger partial charge in [-0.05, 0) is 53.8 Å². The van der Waals surface area contributed by atoms with E-state index in [4.69, 9.17) is 16.3 Å². The lowest BCUT2D eigenvalue weighted by atomic mass is 10.0. The summed E-state index contributed by atoms with van der Waals surface area (Å²) in [5.74, 6) is 0.534. The highest BCUT2D eigenvalue weighted by molar-refractivity contribution is 6.30. The van der Waals surface area contributed by atoms with Crippen LogP contribution >= 0.6 is 11.6 Å². The monoisotopic (exact) mass is 314 g/mol. The Bertz CT molecular complexity index is 685. The van der Waals surface area contributed by atoms with Gasteiger partial charge < -0.3 is 4.74 Å². The van der Waals surface area contributed by atoms with Crippen LogP contribution in [0.4, 0.5) is 0 Å². The van der Waals surface area contributed by atoms with Gasteiger partial charge in [-0.15, -0.1) is 0 Å². The molecule has 2 aromatic rings. The van der Waals surface area contributed by atoms with Crippen LogP contribution in [0.3, 0.4) is 0 Å². The predicted molar refractivity (Wildman–Crippen MR) is 91.4 cm³/mol. The maximum absolute atomic E-state index is 12.0. The van der Waals surface area contributed by atoms with Crippen molar-refractivity contribution in [1.29, 1.82) is 0 Å². The van der Waals surface area contributed by atoms with Crippen LogP contribution in [0, 0.1) is 6.92 Å². The van der Waals surface area contributed by atoms with E-state index in [0.29, 0.717) is 16.7 Å². The van der Waals surface area contributed by atoms with Crippen molar-refractivity contribution in [1.82, 2.24) is 0 Å². The minimum atomic E-state index is -0.387. The molecule has 0 amide bonds. The second-order valence-electron chi connectivity index (χ2n) is 5.50. The number of ether oxygens (including phenoxy) is 1. The van der Waals surface area contributed by atoms with E-state index in [1.54, 1.807) is 18.2 Å². The summed E-state index contributed by atoms with van der Waals surface area (Å²) in [6.45, 7) is 6.13. The summed E-state index contributed by atoms with van der Waals surface area (Å²) in [7, 11) is 0. The van der Waals surface area contributed by atoms with Crippen LogP contribution in [0.15, 0.2) is 48.5 Å². The van der Waals surface area contributed by atoms with Crippen molar-refractivity contribution >= 4 is 23.6 Å². The lowest BCUT2D eigenvalue weighted by Gasteiger charge is -2.12. The molecule has 0 spiro atoms. The smallest absolute Gasteiger partial charge is 0.336 e. The number of halogens is 1. The lowest BCUT2D eigenvalue weighted by molar-refractivity contribution is -0.128. The predicted octanol–water partition coefficient (Wildman–Crippen LogP) is 5.39. The largest absolute Gasteiger partial charge is 0.423 e. The SMILES string of the molecule is Cc1ccc(C(C)C)c(OC(=O)/C=C/c2ccc(Cl)cc2)c1. The summed E-state index contributed by atoms with van der Waals surface area (Å²) in [6, 6.07) is 13.2. The Morgan fingerprint density at radius 2 is 1.82 bits per heavy atom. The quantitative estimate of drug-likeness (QED) is 0.429. The van der Waals surface area contributed by atoms with Gasteiger partial charge in [0.25, 0.3) is 0 Å². The summed E-state index contributed by atoms with van der Waals surface area (Å²) in [6.07, 6.45) is 3.14. The Hall–Kier alpha value is -2.06. The van der Waals surface area contributed by atoms with Crippen molar-refractivity contribution in [3.8, 4) is 5.75 Å². The van der Waals surface area contributed by atoms with Crippen molar-refractivity contribution in [2.24, 2.45) is 0 Å². The zero-order valence-corrected chi connectivity index (χ0v) is 13.7. The second-order valence-corrected chi connectivity index (χ2v) is 5.94. The lowest BCUT2D eigenvalue weighted by Crippen LogP contribution is -2.06. The van der Waals surface area contributed by atoms with Crippen LogP contribution in [0.5, 0.6) is 5.75 Å². The molecule has 0 bridgehead atoms. The third kappa shape index (κ3) is 4.47. The molecule has 2 nitrogen and oxygen atoms in total. The molecule has 3 heteroatoms. The maximum atomic E-state index is 12.0. The average molecular weight is 315 g/mol. The van der Waals surface area contributed by atoms with Gasteiger partial charge in [0.15, 0.2) is 0 Å². The van der Waals surface area contributed by atoms with Crippen LogP contribution < -0.4 is 4.74 Å². The first-order chi connectivity index (χ1) is 10.5. The summed E-state index contributed by atoms with van der Waals surface area (Å²) < 4.78 is 5.48. The van der Waals surface area contributed by atoms with E-state index < -0.39 is 0 Å². The fourth-order valence-electron chi connectivity index (χ4n) is 2.09. The first kappa shape index (κ1) is 16.3. The molecule has 0 aromatic heterocycles. The first-order valence-electron chi connectivity index (χ1n) is 7.21. The molecule has 0 atom stereocenters. The normalized spacial score (nSPS) is 11.1. The molecule has 22 heavy (non-hydrogen) atoms. The van der Waals surface area contributed by atoms with Gasteiger partial charge in [0.1, 0.15) is 5.75 Å². The van der Waals surface area contributed by atoms with Gasteiger partial charge in [0.05, 0.1) is 0 Å². The Morgan fingerprint density at radius 1 is 1.14 bits per heavy atom. The molecular formula is C19H19ClO2. The Morgan fingerprint density at radius 3 is 2.45 bits per heavy atom. The van der Waals surface area contributed by atoms with E-state index in [0.717, 1.165) is 16.7 Å². The van der Waals surface area contributed by atoms with Crippen LogP contribution in [0.25, 0.3) is 6.08 Å². The van der Waals surface area contributed by atoms with Crippen molar-refractivity contribution in [3.63, 3.8) is 0 Å². The number of benzene rings is 2. The minimum Gasteiger partial charge on any atom is -0.423 e. The number of carbonyl (C=O) groups excluding carboxylic acids is 1.